The van der Waals surface area contributed by atoms with Crippen LogP contribution in [0.3, 0.4) is 0 Å². The number of aryl methyl sites for hydroxylation is 1. The average Bonchev–Trinajstić information content (AvgIpc) is 2.67. The first-order valence-electron chi connectivity index (χ1n) is 8.12. The molecule has 0 saturated carbocycles. The standard InChI is InChI=1S/C17H31N3/c1-12(2)19(13(3)4)9-10-20-14(5)11-15-16(18)7-6-8-17(15)20/h11-13,16H,6-10,18H2,1-5H3. The topological polar surface area (TPSA) is 34.2 Å². The lowest BCUT2D eigenvalue weighted by Crippen LogP contribution is -2.39. The van der Waals surface area contributed by atoms with Gasteiger partial charge < -0.3 is 10.3 Å². The molecule has 1 heterocycles. The van der Waals surface area contributed by atoms with Crippen LogP contribution in [0, 0.1) is 6.92 Å². The van der Waals surface area contributed by atoms with Crippen LogP contribution >= 0.6 is 0 Å². The highest BCUT2D eigenvalue weighted by molar-refractivity contribution is 5.32. The van der Waals surface area contributed by atoms with Crippen molar-refractivity contribution >= 4 is 0 Å². The smallest absolute Gasteiger partial charge is 0.0352 e. The van der Waals surface area contributed by atoms with Crippen molar-refractivity contribution in [1.82, 2.24) is 9.47 Å². The van der Waals surface area contributed by atoms with E-state index in [-0.39, 0.29) is 6.04 Å². The molecule has 1 aliphatic carbocycles. The number of aromatic nitrogens is 1. The van der Waals surface area contributed by atoms with Crippen LogP contribution in [0.25, 0.3) is 0 Å². The van der Waals surface area contributed by atoms with E-state index in [1.54, 1.807) is 0 Å². The maximum Gasteiger partial charge on any atom is 0.0352 e. The minimum Gasteiger partial charge on any atom is -0.347 e. The number of nitrogens with zero attached hydrogens (tertiary/aromatic N) is 2. The molecule has 1 aromatic rings. The van der Waals surface area contributed by atoms with Crippen LogP contribution in [-0.4, -0.2) is 28.1 Å². The van der Waals surface area contributed by atoms with Gasteiger partial charge >= 0.3 is 0 Å². The molecule has 0 amide bonds. The second kappa shape index (κ2) is 6.31. The SMILES string of the molecule is Cc1cc2c(n1CCN(C(C)C)C(C)C)CCCC2N. The lowest BCUT2D eigenvalue weighted by atomic mass is 9.93. The predicted octanol–water partition coefficient (Wildman–Crippen LogP) is 3.25. The Labute approximate surface area is 124 Å². The van der Waals surface area contributed by atoms with E-state index in [4.69, 9.17) is 5.73 Å². The first kappa shape index (κ1) is 15.6. The van der Waals surface area contributed by atoms with E-state index in [0.717, 1.165) is 19.5 Å². The fourth-order valence-electron chi connectivity index (χ4n) is 3.64. The van der Waals surface area contributed by atoms with Crippen molar-refractivity contribution < 1.29 is 0 Å². The number of rotatable bonds is 5. The molecule has 2 rings (SSSR count). The van der Waals surface area contributed by atoms with Crippen molar-refractivity contribution in [2.24, 2.45) is 5.73 Å². The Balaban J connectivity index is 2.14. The maximum absolute atomic E-state index is 6.26. The molecule has 1 aromatic heterocycles. The van der Waals surface area contributed by atoms with Gasteiger partial charge in [-0.15, -0.1) is 0 Å². The fraction of sp³-hybridized carbons (Fsp3) is 0.765. The summed E-state index contributed by atoms with van der Waals surface area (Å²) in [5, 5.41) is 0. The Morgan fingerprint density at radius 3 is 2.55 bits per heavy atom. The van der Waals surface area contributed by atoms with Crippen molar-refractivity contribution in [2.75, 3.05) is 6.54 Å². The van der Waals surface area contributed by atoms with Gasteiger partial charge in [0.05, 0.1) is 0 Å². The third-order valence-corrected chi connectivity index (χ3v) is 4.69. The third-order valence-electron chi connectivity index (χ3n) is 4.69. The zero-order valence-electron chi connectivity index (χ0n) is 13.8. The van der Waals surface area contributed by atoms with Gasteiger partial charge in [0.15, 0.2) is 0 Å². The van der Waals surface area contributed by atoms with E-state index >= 15 is 0 Å². The molecule has 2 N–H and O–H groups in total. The average molecular weight is 277 g/mol. The fourth-order valence-corrected chi connectivity index (χ4v) is 3.64. The van der Waals surface area contributed by atoms with Gasteiger partial charge in [0, 0.05) is 42.6 Å². The monoisotopic (exact) mass is 277 g/mol. The molecule has 0 saturated heterocycles. The van der Waals surface area contributed by atoms with E-state index in [1.165, 1.54) is 29.8 Å². The highest BCUT2D eigenvalue weighted by Crippen LogP contribution is 2.30. The van der Waals surface area contributed by atoms with Crippen LogP contribution < -0.4 is 5.73 Å². The second-order valence-corrected chi connectivity index (χ2v) is 6.76. The lowest BCUT2D eigenvalue weighted by molar-refractivity contribution is 0.167. The molecule has 0 radical (unpaired) electrons. The Morgan fingerprint density at radius 1 is 1.30 bits per heavy atom. The molecule has 1 unspecified atom stereocenters. The molecular weight excluding hydrogens is 246 g/mol. The molecule has 1 aliphatic rings. The predicted molar refractivity (Wildman–Crippen MR) is 86.0 cm³/mol. The molecular formula is C17H31N3. The second-order valence-electron chi connectivity index (χ2n) is 6.76. The molecule has 3 heteroatoms. The van der Waals surface area contributed by atoms with Gasteiger partial charge in [-0.1, -0.05) is 0 Å². The molecule has 0 spiro atoms. The Bertz CT molecular complexity index is 437. The highest BCUT2D eigenvalue weighted by Gasteiger charge is 2.22. The van der Waals surface area contributed by atoms with Gasteiger partial charge in [-0.25, -0.2) is 0 Å². The molecule has 0 bridgehead atoms. The van der Waals surface area contributed by atoms with E-state index in [1.807, 2.05) is 0 Å². The lowest BCUT2D eigenvalue weighted by Gasteiger charge is -2.31. The van der Waals surface area contributed by atoms with Gasteiger partial charge in [0.25, 0.3) is 0 Å². The largest absolute Gasteiger partial charge is 0.347 e. The maximum atomic E-state index is 6.26. The molecule has 3 nitrogen and oxygen atoms in total. The number of fused-ring (bicyclic) bond motifs is 1. The van der Waals surface area contributed by atoms with Crippen LogP contribution in [0.1, 0.15) is 63.5 Å². The zero-order valence-corrected chi connectivity index (χ0v) is 13.8. The molecule has 0 aliphatic heterocycles. The van der Waals surface area contributed by atoms with Crippen molar-refractivity contribution in [3.8, 4) is 0 Å². The quantitative estimate of drug-likeness (QED) is 0.896. The summed E-state index contributed by atoms with van der Waals surface area (Å²) < 4.78 is 2.51. The minimum atomic E-state index is 0.255. The zero-order chi connectivity index (χ0) is 14.9. The van der Waals surface area contributed by atoms with Crippen LogP contribution in [-0.2, 0) is 13.0 Å². The molecule has 0 fully saturated rings. The first-order valence-corrected chi connectivity index (χ1v) is 8.12. The Morgan fingerprint density at radius 2 is 1.95 bits per heavy atom. The highest BCUT2D eigenvalue weighted by atomic mass is 15.2. The van der Waals surface area contributed by atoms with Crippen molar-refractivity contribution in [3.05, 3.63) is 23.0 Å². The number of hydrogen-bond acceptors (Lipinski definition) is 2. The van der Waals surface area contributed by atoms with E-state index < -0.39 is 0 Å². The molecule has 0 aromatic carbocycles. The van der Waals surface area contributed by atoms with Gasteiger partial charge in [-0.2, -0.15) is 0 Å². The van der Waals surface area contributed by atoms with E-state index in [2.05, 4.69) is 50.2 Å². The Hall–Kier alpha value is -0.800. The van der Waals surface area contributed by atoms with Crippen LogP contribution in [0.2, 0.25) is 0 Å². The van der Waals surface area contributed by atoms with Crippen LogP contribution in [0.5, 0.6) is 0 Å². The summed E-state index contributed by atoms with van der Waals surface area (Å²) in [6, 6.07) is 3.77. The summed E-state index contributed by atoms with van der Waals surface area (Å²) in [6.45, 7) is 13.6. The summed E-state index contributed by atoms with van der Waals surface area (Å²) in [5.41, 5.74) is 10.5. The summed E-state index contributed by atoms with van der Waals surface area (Å²) in [4.78, 5) is 2.56. The molecule has 114 valence electrons. The third kappa shape index (κ3) is 3.09. The Kier molecular flexibility index (Phi) is 4.92. The molecule has 20 heavy (non-hydrogen) atoms. The first-order chi connectivity index (χ1) is 9.41. The summed E-state index contributed by atoms with van der Waals surface area (Å²) in [7, 11) is 0. The van der Waals surface area contributed by atoms with Gasteiger partial charge in [0.2, 0.25) is 0 Å². The van der Waals surface area contributed by atoms with Gasteiger partial charge in [0.1, 0.15) is 0 Å². The van der Waals surface area contributed by atoms with E-state index in [9.17, 15) is 0 Å². The van der Waals surface area contributed by atoms with Crippen LogP contribution in [0.15, 0.2) is 6.07 Å². The van der Waals surface area contributed by atoms with Gasteiger partial charge in [-0.3, -0.25) is 4.90 Å². The van der Waals surface area contributed by atoms with Crippen LogP contribution in [0.4, 0.5) is 0 Å². The van der Waals surface area contributed by atoms with Crippen molar-refractivity contribution in [2.45, 2.75) is 78.6 Å². The summed E-state index contributed by atoms with van der Waals surface area (Å²) in [6.07, 6.45) is 3.57. The summed E-state index contributed by atoms with van der Waals surface area (Å²) >= 11 is 0. The van der Waals surface area contributed by atoms with Crippen molar-refractivity contribution in [3.63, 3.8) is 0 Å². The van der Waals surface area contributed by atoms with Crippen molar-refractivity contribution in [1.29, 1.82) is 0 Å². The minimum absolute atomic E-state index is 0.255. The molecule has 1 atom stereocenters. The normalized spacial score (nSPS) is 19.1. The van der Waals surface area contributed by atoms with E-state index in [0.29, 0.717) is 12.1 Å². The number of hydrogen-bond donors (Lipinski definition) is 1. The van der Waals surface area contributed by atoms with Gasteiger partial charge in [-0.05, 0) is 65.5 Å². The summed E-state index contributed by atoms with van der Waals surface area (Å²) in [5.74, 6) is 0. The number of nitrogens with two attached hydrogens (primary N) is 1.